The zero-order chi connectivity index (χ0) is 27.6. The number of aromatic hydroxyl groups is 2. The van der Waals surface area contributed by atoms with Crippen molar-refractivity contribution >= 4 is 29.6 Å². The summed E-state index contributed by atoms with van der Waals surface area (Å²) in [6.07, 6.45) is 2.91. The van der Waals surface area contributed by atoms with Gasteiger partial charge in [-0.3, -0.25) is 4.99 Å². The molecule has 0 spiro atoms. The van der Waals surface area contributed by atoms with E-state index in [9.17, 15) is 19.8 Å². The molecule has 192 valence electrons. The van der Waals surface area contributed by atoms with Gasteiger partial charge in [0.1, 0.15) is 34.0 Å². The topological polar surface area (TPSA) is 209 Å². The number of aromatic nitrogens is 4. The van der Waals surface area contributed by atoms with Crippen molar-refractivity contribution in [1.82, 2.24) is 20.0 Å². The number of aliphatic imine (C=N–C) groups is 1. The monoisotopic (exact) mass is 515 g/mol. The van der Waals surface area contributed by atoms with E-state index in [1.165, 1.54) is 47.3 Å². The quantitative estimate of drug-likeness (QED) is 0.138. The van der Waals surface area contributed by atoms with E-state index in [1.54, 1.807) is 6.20 Å². The van der Waals surface area contributed by atoms with Crippen molar-refractivity contribution in [3.05, 3.63) is 76.6 Å². The molecule has 6 N–H and O–H groups in total. The van der Waals surface area contributed by atoms with Gasteiger partial charge in [-0.15, -0.1) is 5.10 Å². The van der Waals surface area contributed by atoms with Gasteiger partial charge in [0, 0.05) is 12.1 Å². The fraction of sp³-hybridized carbons (Fsp3) is 0.0800. The fourth-order valence-electron chi connectivity index (χ4n) is 3.68. The predicted octanol–water partition coefficient (Wildman–Crippen LogP) is 2.82. The van der Waals surface area contributed by atoms with Gasteiger partial charge >= 0.3 is 11.9 Å². The van der Waals surface area contributed by atoms with Crippen molar-refractivity contribution in [2.45, 2.75) is 13.8 Å². The molecule has 4 aromatic rings. The second-order valence-corrected chi connectivity index (χ2v) is 8.15. The summed E-state index contributed by atoms with van der Waals surface area (Å²) in [5.74, 6) is 2.26. The lowest BCUT2D eigenvalue weighted by molar-refractivity contribution is 0.0682. The summed E-state index contributed by atoms with van der Waals surface area (Å²) in [6.45, 7) is 3.65. The number of carboxylic acid groups (broad SMARTS) is 2. The summed E-state index contributed by atoms with van der Waals surface area (Å²) in [5.41, 5.74) is 3.19. The molecule has 4 rings (SSSR count). The first kappa shape index (κ1) is 25.5. The second-order valence-electron chi connectivity index (χ2n) is 8.15. The van der Waals surface area contributed by atoms with E-state index in [0.29, 0.717) is 22.8 Å². The van der Waals surface area contributed by atoms with E-state index < -0.39 is 23.4 Å². The minimum atomic E-state index is -1.26. The molecule has 0 aliphatic heterocycles. The molecule has 13 nitrogen and oxygen atoms in total. The Labute approximate surface area is 214 Å². The molecular weight excluding hydrogens is 494 g/mol. The molecule has 2 aromatic heterocycles. The molecule has 0 aliphatic rings. The van der Waals surface area contributed by atoms with E-state index in [0.717, 1.165) is 11.1 Å². The Kier molecular flexibility index (Phi) is 6.83. The SMILES string of the molecule is Cc1cc(C)c(-c2cn(-c3ccc(C(=O)O)c(O)c3)nn2)nc1/C(C=Nc1ccc(C(=O)O)c(O)c1)=N/N. The molecule has 0 saturated carbocycles. The fourth-order valence-corrected chi connectivity index (χ4v) is 3.68. The van der Waals surface area contributed by atoms with Gasteiger partial charge in [0.15, 0.2) is 0 Å². The first-order valence-electron chi connectivity index (χ1n) is 10.9. The van der Waals surface area contributed by atoms with Crippen molar-refractivity contribution in [3.63, 3.8) is 0 Å². The smallest absolute Gasteiger partial charge is 0.339 e. The number of phenols is 2. The van der Waals surface area contributed by atoms with Crippen LogP contribution in [0.5, 0.6) is 11.5 Å². The molecule has 2 heterocycles. The number of pyridine rings is 1. The molecule has 0 bridgehead atoms. The molecule has 2 aromatic carbocycles. The number of nitrogens with two attached hydrogens (primary N) is 1. The highest BCUT2D eigenvalue weighted by Crippen LogP contribution is 2.26. The molecule has 13 heteroatoms. The summed E-state index contributed by atoms with van der Waals surface area (Å²) in [7, 11) is 0. The number of hydrazone groups is 1. The number of aromatic carboxylic acids is 2. The first-order chi connectivity index (χ1) is 18.1. The molecule has 0 fully saturated rings. The Hall–Kier alpha value is -5.59. The molecule has 38 heavy (non-hydrogen) atoms. The van der Waals surface area contributed by atoms with Crippen molar-refractivity contribution in [2.24, 2.45) is 15.9 Å². The van der Waals surface area contributed by atoms with Crippen LogP contribution in [0.1, 0.15) is 37.5 Å². The summed E-state index contributed by atoms with van der Waals surface area (Å²) in [6, 6.07) is 9.73. The van der Waals surface area contributed by atoms with Gasteiger partial charge in [-0.1, -0.05) is 11.3 Å². The second kappa shape index (κ2) is 10.2. The lowest BCUT2D eigenvalue weighted by Gasteiger charge is -2.09. The average Bonchev–Trinajstić information content (AvgIpc) is 3.35. The van der Waals surface area contributed by atoms with E-state index >= 15 is 0 Å². The zero-order valence-corrected chi connectivity index (χ0v) is 20.1. The summed E-state index contributed by atoms with van der Waals surface area (Å²) < 4.78 is 1.37. The van der Waals surface area contributed by atoms with E-state index in [-0.39, 0.29) is 22.5 Å². The van der Waals surface area contributed by atoms with Crippen LogP contribution in [-0.2, 0) is 0 Å². The third-order valence-corrected chi connectivity index (χ3v) is 5.55. The Balaban J connectivity index is 1.67. The minimum Gasteiger partial charge on any atom is -0.507 e. The number of hydrogen-bond donors (Lipinski definition) is 5. The van der Waals surface area contributed by atoms with Crippen LogP contribution in [0.4, 0.5) is 5.69 Å². The van der Waals surface area contributed by atoms with Crippen molar-refractivity contribution in [2.75, 3.05) is 0 Å². The highest BCUT2D eigenvalue weighted by molar-refractivity contribution is 6.38. The van der Waals surface area contributed by atoms with Gasteiger partial charge in [0.25, 0.3) is 0 Å². The lowest BCUT2D eigenvalue weighted by atomic mass is 10.1. The molecule has 0 aliphatic carbocycles. The van der Waals surface area contributed by atoms with Gasteiger partial charge in [-0.05, 0) is 49.2 Å². The third-order valence-electron chi connectivity index (χ3n) is 5.55. The van der Waals surface area contributed by atoms with E-state index in [1.807, 2.05) is 19.9 Å². The van der Waals surface area contributed by atoms with Crippen LogP contribution in [0.2, 0.25) is 0 Å². The Bertz CT molecular complexity index is 1640. The largest absolute Gasteiger partial charge is 0.507 e. The Morgan fingerprint density at radius 3 is 2.21 bits per heavy atom. The van der Waals surface area contributed by atoms with Crippen LogP contribution in [0.15, 0.2) is 58.8 Å². The Morgan fingerprint density at radius 1 is 0.947 bits per heavy atom. The number of nitrogens with zero attached hydrogens (tertiary/aromatic N) is 6. The molecule has 0 saturated heterocycles. The van der Waals surface area contributed by atoms with E-state index in [4.69, 9.17) is 16.1 Å². The van der Waals surface area contributed by atoms with Crippen LogP contribution >= 0.6 is 0 Å². The summed E-state index contributed by atoms with van der Waals surface area (Å²) >= 11 is 0. The number of aryl methyl sites for hydroxylation is 2. The highest BCUT2D eigenvalue weighted by atomic mass is 16.4. The molecule has 0 amide bonds. The molecule has 0 atom stereocenters. The first-order valence-corrected chi connectivity index (χ1v) is 10.9. The number of carboxylic acids is 2. The minimum absolute atomic E-state index is 0.215. The number of hydrogen-bond acceptors (Lipinski definition) is 10. The maximum Gasteiger partial charge on any atom is 0.339 e. The number of carbonyl (C=O) groups is 2. The van der Waals surface area contributed by atoms with Crippen molar-refractivity contribution in [1.29, 1.82) is 0 Å². The maximum absolute atomic E-state index is 11.2. The Morgan fingerprint density at radius 2 is 1.61 bits per heavy atom. The van der Waals surface area contributed by atoms with Gasteiger partial charge in [-0.2, -0.15) is 5.10 Å². The van der Waals surface area contributed by atoms with E-state index in [2.05, 4.69) is 25.4 Å². The molecular formula is C25H21N7O6. The average molecular weight is 515 g/mol. The summed E-state index contributed by atoms with van der Waals surface area (Å²) in [5, 5.41) is 50.1. The third kappa shape index (κ3) is 5.02. The number of rotatable bonds is 7. The van der Waals surface area contributed by atoms with Crippen LogP contribution in [0.25, 0.3) is 17.1 Å². The van der Waals surface area contributed by atoms with Gasteiger partial charge in [-0.25, -0.2) is 19.3 Å². The van der Waals surface area contributed by atoms with Crippen molar-refractivity contribution in [3.8, 4) is 28.6 Å². The van der Waals surface area contributed by atoms with Crippen LogP contribution in [0.3, 0.4) is 0 Å². The van der Waals surface area contributed by atoms with Gasteiger partial charge in [0.2, 0.25) is 0 Å². The van der Waals surface area contributed by atoms with Gasteiger partial charge < -0.3 is 26.3 Å². The standard InChI is InChI=1S/C25H21N7O6/c1-12-7-13(2)23(19-11-32(31-30-19)15-4-6-17(25(37)38)21(34)9-15)28-22(12)18(29-26)10-27-14-3-5-16(24(35)36)20(33)8-14/h3-11,33-34H,26H2,1-2H3,(H,35,36)(H,37,38)/b27-10?,29-18+. The highest BCUT2D eigenvalue weighted by Gasteiger charge is 2.17. The molecule has 0 radical (unpaired) electrons. The summed E-state index contributed by atoms with van der Waals surface area (Å²) in [4.78, 5) is 31.1. The van der Waals surface area contributed by atoms with Crippen molar-refractivity contribution < 1.29 is 30.0 Å². The van der Waals surface area contributed by atoms with Gasteiger partial charge in [0.05, 0.1) is 35.2 Å². The van der Waals surface area contributed by atoms with Crippen LogP contribution in [0, 0.1) is 13.8 Å². The maximum atomic E-state index is 11.2. The van der Waals surface area contributed by atoms with Crippen LogP contribution in [-0.4, -0.2) is 64.3 Å². The zero-order valence-electron chi connectivity index (χ0n) is 20.1. The lowest BCUT2D eigenvalue weighted by Crippen LogP contribution is -2.12. The van der Waals surface area contributed by atoms with Crippen LogP contribution < -0.4 is 5.84 Å². The number of benzene rings is 2. The molecule has 0 unspecified atom stereocenters. The predicted molar refractivity (Wildman–Crippen MR) is 137 cm³/mol. The normalized spacial score (nSPS) is 11.7.